The van der Waals surface area contributed by atoms with E-state index < -0.39 is 11.6 Å². The highest BCUT2D eigenvalue weighted by Gasteiger charge is 2.39. The van der Waals surface area contributed by atoms with Crippen LogP contribution in [0.1, 0.15) is 24.5 Å². The summed E-state index contributed by atoms with van der Waals surface area (Å²) in [6.45, 7) is 3.07. The third-order valence-electron chi connectivity index (χ3n) is 3.49. The zero-order valence-electron chi connectivity index (χ0n) is 10.9. The molecule has 5 nitrogen and oxygen atoms in total. The molecule has 2 rings (SSSR count). The summed E-state index contributed by atoms with van der Waals surface area (Å²) >= 11 is 0. The Kier molecular flexibility index (Phi) is 3.84. The molecule has 1 fully saturated rings. The Hall–Kier alpha value is -1.90. The largest absolute Gasteiger partial charge is 0.344 e. The van der Waals surface area contributed by atoms with Crippen LogP contribution >= 0.6 is 0 Å². The van der Waals surface area contributed by atoms with Crippen molar-refractivity contribution >= 4 is 5.91 Å². The molecule has 0 aromatic heterocycles. The van der Waals surface area contributed by atoms with Crippen molar-refractivity contribution < 1.29 is 4.79 Å². The van der Waals surface area contributed by atoms with Crippen LogP contribution in [-0.2, 0) is 10.3 Å². The fraction of sp³-hybridized carbons (Fsp3) is 0.429. The van der Waals surface area contributed by atoms with Gasteiger partial charge in [0.2, 0.25) is 5.91 Å². The molecule has 4 N–H and O–H groups in total. The van der Waals surface area contributed by atoms with Gasteiger partial charge in [0.15, 0.2) is 0 Å². The van der Waals surface area contributed by atoms with Crippen molar-refractivity contribution in [3.63, 3.8) is 0 Å². The van der Waals surface area contributed by atoms with E-state index in [0.29, 0.717) is 12.1 Å². The van der Waals surface area contributed by atoms with Gasteiger partial charge in [-0.05, 0) is 31.5 Å². The first-order valence-electron chi connectivity index (χ1n) is 6.37. The van der Waals surface area contributed by atoms with Gasteiger partial charge in [-0.25, -0.2) is 0 Å². The molecule has 1 heterocycles. The van der Waals surface area contributed by atoms with E-state index in [1.165, 1.54) is 0 Å². The summed E-state index contributed by atoms with van der Waals surface area (Å²) in [6.07, 6.45) is 0.754. The lowest BCUT2D eigenvalue weighted by Gasteiger charge is -2.31. The molecule has 0 spiro atoms. The Morgan fingerprint density at radius 2 is 2.32 bits per heavy atom. The van der Waals surface area contributed by atoms with Gasteiger partial charge in [0.1, 0.15) is 0 Å². The van der Waals surface area contributed by atoms with E-state index in [-0.39, 0.29) is 5.91 Å². The van der Waals surface area contributed by atoms with E-state index in [2.05, 4.69) is 16.7 Å². The molecule has 0 aliphatic carbocycles. The van der Waals surface area contributed by atoms with E-state index in [1.807, 2.05) is 18.2 Å². The monoisotopic (exact) mass is 258 g/mol. The molecule has 2 atom stereocenters. The third kappa shape index (κ3) is 2.60. The summed E-state index contributed by atoms with van der Waals surface area (Å²) in [5.41, 5.74) is 6.54. The molecule has 0 unspecified atom stereocenters. The maximum atomic E-state index is 11.9. The molecule has 1 aliphatic heterocycles. The van der Waals surface area contributed by atoms with Gasteiger partial charge in [0.25, 0.3) is 0 Å². The molecule has 0 radical (unpaired) electrons. The summed E-state index contributed by atoms with van der Waals surface area (Å²) in [4.78, 5) is 11.9. The first kappa shape index (κ1) is 13.5. The van der Waals surface area contributed by atoms with Gasteiger partial charge >= 0.3 is 0 Å². The Labute approximate surface area is 112 Å². The molecule has 0 bridgehead atoms. The zero-order valence-corrected chi connectivity index (χ0v) is 10.9. The number of amides is 1. The predicted molar refractivity (Wildman–Crippen MR) is 72.1 cm³/mol. The molecular weight excluding hydrogens is 240 g/mol. The van der Waals surface area contributed by atoms with Crippen molar-refractivity contribution in [3.8, 4) is 6.07 Å². The highest BCUT2D eigenvalue weighted by Crippen LogP contribution is 2.30. The van der Waals surface area contributed by atoms with Crippen LogP contribution in [0.3, 0.4) is 0 Å². The van der Waals surface area contributed by atoms with Gasteiger partial charge < -0.3 is 16.4 Å². The molecule has 1 aromatic carbocycles. The molecule has 0 saturated carbocycles. The summed E-state index contributed by atoms with van der Waals surface area (Å²) in [5.74, 6) is -0.198. The number of nitrogens with zero attached hydrogens (tertiary/aromatic N) is 1. The second-order valence-electron chi connectivity index (χ2n) is 4.94. The van der Waals surface area contributed by atoms with Crippen LogP contribution in [-0.4, -0.2) is 25.0 Å². The van der Waals surface area contributed by atoms with Gasteiger partial charge in [0.05, 0.1) is 23.2 Å². The number of hydrogen-bond acceptors (Lipinski definition) is 4. The Morgan fingerprint density at radius 1 is 1.58 bits per heavy atom. The fourth-order valence-corrected chi connectivity index (χ4v) is 2.44. The first-order chi connectivity index (χ1) is 9.09. The van der Waals surface area contributed by atoms with Crippen molar-refractivity contribution in [1.82, 2.24) is 10.6 Å². The van der Waals surface area contributed by atoms with Crippen LogP contribution in [0.15, 0.2) is 24.3 Å². The minimum absolute atomic E-state index is 0.198. The Morgan fingerprint density at radius 3 is 2.89 bits per heavy atom. The van der Waals surface area contributed by atoms with Crippen LogP contribution in [0.25, 0.3) is 0 Å². The number of benzene rings is 1. The average Bonchev–Trinajstić information content (AvgIpc) is 2.88. The van der Waals surface area contributed by atoms with Crippen molar-refractivity contribution in [3.05, 3.63) is 35.4 Å². The van der Waals surface area contributed by atoms with E-state index >= 15 is 0 Å². The number of nitriles is 1. The maximum absolute atomic E-state index is 11.9. The van der Waals surface area contributed by atoms with Crippen molar-refractivity contribution in [2.24, 2.45) is 5.73 Å². The van der Waals surface area contributed by atoms with Crippen LogP contribution in [0.5, 0.6) is 0 Å². The topological polar surface area (TPSA) is 90.9 Å². The summed E-state index contributed by atoms with van der Waals surface area (Å²) < 4.78 is 0. The molecule has 100 valence electrons. The number of carbonyl (C=O) groups excluding carboxylic acids is 1. The van der Waals surface area contributed by atoms with Crippen molar-refractivity contribution in [1.29, 1.82) is 5.26 Å². The quantitative estimate of drug-likeness (QED) is 0.723. The summed E-state index contributed by atoms with van der Waals surface area (Å²) in [6, 6.07) is 9.00. The van der Waals surface area contributed by atoms with Gasteiger partial charge in [0, 0.05) is 6.54 Å². The average molecular weight is 258 g/mol. The highest BCUT2D eigenvalue weighted by molar-refractivity contribution is 5.82. The second kappa shape index (κ2) is 5.39. The first-order valence-corrected chi connectivity index (χ1v) is 6.37. The van der Waals surface area contributed by atoms with Crippen LogP contribution in [0.2, 0.25) is 0 Å². The normalized spacial score (nSPS) is 23.6. The number of carbonyl (C=O) groups is 1. The zero-order chi connectivity index (χ0) is 13.9. The molecule has 1 aromatic rings. The smallest absolute Gasteiger partial charge is 0.237 e. The van der Waals surface area contributed by atoms with Gasteiger partial charge in [-0.15, -0.1) is 0 Å². The summed E-state index contributed by atoms with van der Waals surface area (Å²) in [7, 11) is 0. The minimum Gasteiger partial charge on any atom is -0.344 e. The maximum Gasteiger partial charge on any atom is 0.237 e. The van der Waals surface area contributed by atoms with Crippen molar-refractivity contribution in [2.75, 3.05) is 13.1 Å². The Bertz CT molecular complexity index is 512. The molecule has 1 saturated heterocycles. The molecular formula is C14H18N4O. The number of rotatable bonds is 3. The molecule has 5 heteroatoms. The lowest BCUT2D eigenvalue weighted by atomic mass is 9.85. The number of nitrogens with one attached hydrogen (secondary N) is 2. The van der Waals surface area contributed by atoms with Crippen LogP contribution in [0.4, 0.5) is 0 Å². The SMILES string of the molecule is C[C@H](N)C(=O)N[C@]1(c2ccccc2C#N)CCNC1. The van der Waals surface area contributed by atoms with E-state index in [4.69, 9.17) is 5.73 Å². The predicted octanol–water partition coefficient (Wildman–Crippen LogP) is 0.210. The van der Waals surface area contributed by atoms with Gasteiger partial charge in [-0.3, -0.25) is 4.79 Å². The minimum atomic E-state index is -0.563. The number of nitrogens with two attached hydrogens (primary N) is 1. The van der Waals surface area contributed by atoms with E-state index in [9.17, 15) is 10.1 Å². The standard InChI is InChI=1S/C14H18N4O/c1-10(16)13(19)18-14(6-7-17-9-14)12-5-3-2-4-11(12)8-15/h2-5,10,17H,6-7,9,16H2,1H3,(H,18,19)/t10-,14+/m0/s1. The third-order valence-corrected chi connectivity index (χ3v) is 3.49. The number of hydrogen-bond donors (Lipinski definition) is 3. The summed E-state index contributed by atoms with van der Waals surface area (Å²) in [5, 5.41) is 15.5. The van der Waals surface area contributed by atoms with E-state index in [1.54, 1.807) is 13.0 Å². The van der Waals surface area contributed by atoms with Crippen molar-refractivity contribution in [2.45, 2.75) is 24.9 Å². The lowest BCUT2D eigenvalue weighted by Crippen LogP contribution is -2.52. The Balaban J connectivity index is 2.40. The van der Waals surface area contributed by atoms with Crippen LogP contribution < -0.4 is 16.4 Å². The lowest BCUT2D eigenvalue weighted by molar-refractivity contribution is -0.123. The highest BCUT2D eigenvalue weighted by atomic mass is 16.2. The van der Waals surface area contributed by atoms with E-state index in [0.717, 1.165) is 18.5 Å². The van der Waals surface area contributed by atoms with Gasteiger partial charge in [-0.1, -0.05) is 18.2 Å². The molecule has 1 aliphatic rings. The molecule has 1 amide bonds. The van der Waals surface area contributed by atoms with Crippen LogP contribution in [0, 0.1) is 11.3 Å². The molecule has 19 heavy (non-hydrogen) atoms. The van der Waals surface area contributed by atoms with Gasteiger partial charge in [-0.2, -0.15) is 5.26 Å². The second-order valence-corrected chi connectivity index (χ2v) is 4.94. The fourth-order valence-electron chi connectivity index (χ4n) is 2.44.